The van der Waals surface area contributed by atoms with Crippen LogP contribution in [0.15, 0.2) is 54.9 Å². The molecule has 0 fully saturated rings. The number of rotatable bonds is 5. The van der Waals surface area contributed by atoms with Crippen LogP contribution in [0.2, 0.25) is 0 Å². The van der Waals surface area contributed by atoms with Crippen LogP contribution in [0.4, 0.5) is 11.5 Å². The maximum absolute atomic E-state index is 12.1. The van der Waals surface area contributed by atoms with Gasteiger partial charge in [-0.2, -0.15) is 0 Å². The summed E-state index contributed by atoms with van der Waals surface area (Å²) in [6, 6.07) is 13.2. The summed E-state index contributed by atoms with van der Waals surface area (Å²) in [4.78, 5) is 16.1. The highest BCUT2D eigenvalue weighted by Gasteiger charge is 2.08. The van der Waals surface area contributed by atoms with Crippen LogP contribution in [-0.4, -0.2) is 21.1 Å². The third-order valence-electron chi connectivity index (χ3n) is 3.74. The van der Waals surface area contributed by atoms with Crippen molar-refractivity contribution in [3.8, 4) is 0 Å². The maximum Gasteiger partial charge on any atom is 0.272 e. The molecule has 3 rings (SSSR count). The number of aromatic nitrogens is 3. The average molecular weight is 333 g/mol. The van der Waals surface area contributed by atoms with E-state index in [9.17, 15) is 4.79 Å². The smallest absolute Gasteiger partial charge is 0.272 e. The van der Waals surface area contributed by atoms with Crippen molar-refractivity contribution in [2.75, 3.05) is 5.32 Å². The predicted octanol–water partition coefficient (Wildman–Crippen LogP) is 3.16. The van der Waals surface area contributed by atoms with E-state index in [0.29, 0.717) is 12.4 Å². The molecule has 1 amide bonds. The van der Waals surface area contributed by atoms with E-state index in [4.69, 9.17) is 0 Å². The van der Waals surface area contributed by atoms with E-state index in [1.807, 2.05) is 31.2 Å². The van der Waals surface area contributed by atoms with Gasteiger partial charge in [-0.1, -0.05) is 17.7 Å². The SMILES string of the molecule is Cc1ccc(Nc2ccc(C(=O)NCc3ccncc3)nn2)c(C)c1. The van der Waals surface area contributed by atoms with E-state index in [1.165, 1.54) is 5.56 Å². The summed E-state index contributed by atoms with van der Waals surface area (Å²) < 4.78 is 0. The standard InChI is InChI=1S/C19H19N5O/c1-13-3-4-16(14(2)11-13)22-18-6-5-17(23-24-18)19(25)21-12-15-7-9-20-10-8-15/h3-11H,12H2,1-2H3,(H,21,25)(H,22,24). The number of benzene rings is 1. The number of anilines is 2. The number of carbonyl (C=O) groups is 1. The Morgan fingerprint density at radius 2 is 1.80 bits per heavy atom. The van der Waals surface area contributed by atoms with Crippen molar-refractivity contribution in [3.05, 3.63) is 77.2 Å². The van der Waals surface area contributed by atoms with Crippen molar-refractivity contribution in [2.45, 2.75) is 20.4 Å². The lowest BCUT2D eigenvalue weighted by Crippen LogP contribution is -2.24. The van der Waals surface area contributed by atoms with E-state index in [2.05, 4.69) is 38.8 Å². The van der Waals surface area contributed by atoms with E-state index >= 15 is 0 Å². The van der Waals surface area contributed by atoms with Gasteiger partial charge >= 0.3 is 0 Å². The van der Waals surface area contributed by atoms with Crippen LogP contribution >= 0.6 is 0 Å². The molecule has 2 heterocycles. The first-order chi connectivity index (χ1) is 12.1. The minimum Gasteiger partial charge on any atom is -0.347 e. The number of amides is 1. The lowest BCUT2D eigenvalue weighted by molar-refractivity contribution is 0.0945. The van der Waals surface area contributed by atoms with Gasteiger partial charge < -0.3 is 10.6 Å². The molecule has 0 saturated heterocycles. The minimum absolute atomic E-state index is 0.262. The summed E-state index contributed by atoms with van der Waals surface area (Å²) in [7, 11) is 0. The van der Waals surface area contributed by atoms with Crippen LogP contribution < -0.4 is 10.6 Å². The Kier molecular flexibility index (Phi) is 4.99. The number of hydrogen-bond donors (Lipinski definition) is 2. The Morgan fingerprint density at radius 3 is 2.48 bits per heavy atom. The Bertz CT molecular complexity index is 863. The molecule has 126 valence electrons. The van der Waals surface area contributed by atoms with Crippen molar-refractivity contribution in [1.82, 2.24) is 20.5 Å². The van der Waals surface area contributed by atoms with Gasteiger partial charge in [0.15, 0.2) is 11.5 Å². The van der Waals surface area contributed by atoms with E-state index in [-0.39, 0.29) is 11.6 Å². The van der Waals surface area contributed by atoms with E-state index < -0.39 is 0 Å². The summed E-state index contributed by atoms with van der Waals surface area (Å²) in [6.45, 7) is 4.51. The van der Waals surface area contributed by atoms with E-state index in [0.717, 1.165) is 16.8 Å². The van der Waals surface area contributed by atoms with Crippen LogP contribution in [0.3, 0.4) is 0 Å². The van der Waals surface area contributed by atoms with Crippen molar-refractivity contribution in [3.63, 3.8) is 0 Å². The molecule has 2 aromatic heterocycles. The number of pyridine rings is 1. The third kappa shape index (κ3) is 4.38. The van der Waals surface area contributed by atoms with Crippen LogP contribution in [0.1, 0.15) is 27.2 Å². The second-order valence-electron chi connectivity index (χ2n) is 5.79. The number of aryl methyl sites for hydroxylation is 2. The highest BCUT2D eigenvalue weighted by molar-refractivity contribution is 5.92. The molecule has 1 aromatic carbocycles. The molecule has 2 N–H and O–H groups in total. The summed E-state index contributed by atoms with van der Waals surface area (Å²) in [5.74, 6) is 0.333. The molecule has 0 unspecified atom stereocenters. The molecular formula is C19H19N5O. The molecule has 0 spiro atoms. The Balaban J connectivity index is 1.62. The fourth-order valence-corrected chi connectivity index (χ4v) is 2.39. The Labute approximate surface area is 146 Å². The lowest BCUT2D eigenvalue weighted by Gasteiger charge is -2.09. The van der Waals surface area contributed by atoms with Gasteiger partial charge in [-0.15, -0.1) is 10.2 Å². The molecule has 0 bridgehead atoms. The molecular weight excluding hydrogens is 314 g/mol. The Morgan fingerprint density at radius 1 is 1.00 bits per heavy atom. The molecule has 0 aliphatic heterocycles. The topological polar surface area (TPSA) is 79.8 Å². The monoisotopic (exact) mass is 333 g/mol. The second-order valence-corrected chi connectivity index (χ2v) is 5.79. The normalized spacial score (nSPS) is 10.3. The van der Waals surface area contributed by atoms with Gasteiger partial charge in [0.1, 0.15) is 0 Å². The fourth-order valence-electron chi connectivity index (χ4n) is 2.39. The molecule has 0 atom stereocenters. The van der Waals surface area contributed by atoms with Crippen LogP contribution in [0, 0.1) is 13.8 Å². The quantitative estimate of drug-likeness (QED) is 0.750. The van der Waals surface area contributed by atoms with Crippen LogP contribution in [0.25, 0.3) is 0 Å². The molecule has 3 aromatic rings. The summed E-state index contributed by atoms with van der Waals surface area (Å²) in [6.07, 6.45) is 3.38. The molecule has 6 heteroatoms. The van der Waals surface area contributed by atoms with E-state index in [1.54, 1.807) is 24.5 Å². The first-order valence-electron chi connectivity index (χ1n) is 7.97. The zero-order chi connectivity index (χ0) is 17.6. The minimum atomic E-state index is -0.262. The van der Waals surface area contributed by atoms with Crippen molar-refractivity contribution < 1.29 is 4.79 Å². The third-order valence-corrected chi connectivity index (χ3v) is 3.74. The van der Waals surface area contributed by atoms with Gasteiger partial charge in [-0.25, -0.2) is 0 Å². The number of hydrogen-bond acceptors (Lipinski definition) is 5. The predicted molar refractivity (Wildman–Crippen MR) is 96.6 cm³/mol. The molecule has 6 nitrogen and oxygen atoms in total. The molecule has 0 radical (unpaired) electrons. The van der Waals surface area contributed by atoms with Crippen LogP contribution in [-0.2, 0) is 6.54 Å². The largest absolute Gasteiger partial charge is 0.347 e. The molecule has 0 saturated carbocycles. The van der Waals surface area contributed by atoms with Gasteiger partial charge in [-0.05, 0) is 55.3 Å². The number of nitrogens with zero attached hydrogens (tertiary/aromatic N) is 3. The van der Waals surface area contributed by atoms with Crippen molar-refractivity contribution >= 4 is 17.4 Å². The van der Waals surface area contributed by atoms with Crippen LogP contribution in [0.5, 0.6) is 0 Å². The molecule has 0 aliphatic rings. The highest BCUT2D eigenvalue weighted by atomic mass is 16.1. The Hall–Kier alpha value is -3.28. The van der Waals surface area contributed by atoms with Crippen molar-refractivity contribution in [2.24, 2.45) is 0 Å². The zero-order valence-electron chi connectivity index (χ0n) is 14.2. The number of nitrogens with one attached hydrogen (secondary N) is 2. The van der Waals surface area contributed by atoms with Gasteiger partial charge in [-0.3, -0.25) is 9.78 Å². The van der Waals surface area contributed by atoms with Gasteiger partial charge in [0.25, 0.3) is 5.91 Å². The average Bonchev–Trinajstić information content (AvgIpc) is 2.63. The van der Waals surface area contributed by atoms with Gasteiger partial charge in [0.05, 0.1) is 0 Å². The fraction of sp³-hybridized carbons (Fsp3) is 0.158. The lowest BCUT2D eigenvalue weighted by atomic mass is 10.1. The second kappa shape index (κ2) is 7.53. The maximum atomic E-state index is 12.1. The van der Waals surface area contributed by atoms with Gasteiger partial charge in [0.2, 0.25) is 0 Å². The first-order valence-corrected chi connectivity index (χ1v) is 7.97. The number of carbonyl (C=O) groups excluding carboxylic acids is 1. The first kappa shape index (κ1) is 16.6. The highest BCUT2D eigenvalue weighted by Crippen LogP contribution is 2.19. The summed E-state index contributed by atoms with van der Waals surface area (Å²) in [5, 5.41) is 14.1. The van der Waals surface area contributed by atoms with Gasteiger partial charge in [0, 0.05) is 24.6 Å². The zero-order valence-corrected chi connectivity index (χ0v) is 14.2. The van der Waals surface area contributed by atoms with Crippen molar-refractivity contribution in [1.29, 1.82) is 0 Å². The molecule has 0 aliphatic carbocycles. The molecule has 25 heavy (non-hydrogen) atoms. The summed E-state index contributed by atoms with van der Waals surface area (Å²) in [5.41, 5.74) is 4.55. The summed E-state index contributed by atoms with van der Waals surface area (Å²) >= 11 is 0.